The summed E-state index contributed by atoms with van der Waals surface area (Å²) in [5.41, 5.74) is 2.02. The van der Waals surface area contributed by atoms with Crippen molar-refractivity contribution in [3.8, 4) is 11.5 Å². The maximum Gasteiger partial charge on any atom is 0.168 e. The van der Waals surface area contributed by atoms with E-state index in [1.54, 1.807) is 19.2 Å². The molecule has 0 aliphatic heterocycles. The Labute approximate surface area is 111 Å². The first kappa shape index (κ1) is 13.0. The minimum absolute atomic E-state index is 0.320. The van der Waals surface area contributed by atoms with E-state index in [-0.39, 0.29) is 0 Å². The minimum atomic E-state index is 0.320. The third kappa shape index (κ3) is 3.51. The Bertz CT molecular complexity index is 567. The minimum Gasteiger partial charge on any atom is -0.497 e. The maximum atomic E-state index is 10.5. The highest BCUT2D eigenvalue weighted by Gasteiger charge is 2.02. The Morgan fingerprint density at radius 2 is 2.11 bits per heavy atom. The van der Waals surface area contributed by atoms with Gasteiger partial charge >= 0.3 is 0 Å². The molecular weight excluding hydrogens is 244 g/mol. The molecule has 0 aromatic carbocycles. The van der Waals surface area contributed by atoms with Gasteiger partial charge in [0.15, 0.2) is 6.29 Å². The summed E-state index contributed by atoms with van der Waals surface area (Å²) in [6.07, 6.45) is 2.20. The smallest absolute Gasteiger partial charge is 0.168 e. The van der Waals surface area contributed by atoms with Crippen LogP contribution in [0.3, 0.4) is 0 Å². The molecule has 2 aromatic heterocycles. The summed E-state index contributed by atoms with van der Waals surface area (Å²) < 4.78 is 10.7. The number of aldehydes is 1. The monoisotopic (exact) mass is 258 g/mol. The molecule has 0 N–H and O–H groups in total. The standard InChI is InChI=1S/C14H14N2O3/c1-10-5-14(18-2)6-12(16-10)9-19-13-4-3-11(8-17)15-7-13/h3-8H,9H2,1-2H3. The second kappa shape index (κ2) is 5.95. The van der Waals surface area contributed by atoms with Crippen LogP contribution in [0.5, 0.6) is 11.5 Å². The van der Waals surface area contributed by atoms with Gasteiger partial charge in [0.25, 0.3) is 0 Å². The van der Waals surface area contributed by atoms with Crippen LogP contribution in [0.2, 0.25) is 0 Å². The predicted octanol–water partition coefficient (Wildman–Crippen LogP) is 2.19. The van der Waals surface area contributed by atoms with Gasteiger partial charge in [-0.05, 0) is 19.1 Å². The molecule has 0 fully saturated rings. The van der Waals surface area contributed by atoms with E-state index in [0.29, 0.717) is 24.3 Å². The first-order chi connectivity index (χ1) is 9.21. The number of carbonyl (C=O) groups excluding carboxylic acids is 1. The summed E-state index contributed by atoms with van der Waals surface area (Å²) in [4.78, 5) is 18.7. The molecule has 0 bridgehead atoms. The van der Waals surface area contributed by atoms with E-state index >= 15 is 0 Å². The zero-order valence-corrected chi connectivity index (χ0v) is 10.8. The normalized spacial score (nSPS) is 10.0. The van der Waals surface area contributed by atoms with Crippen molar-refractivity contribution in [2.24, 2.45) is 0 Å². The number of pyridine rings is 2. The highest BCUT2D eigenvalue weighted by atomic mass is 16.5. The van der Waals surface area contributed by atoms with Crippen molar-refractivity contribution >= 4 is 6.29 Å². The first-order valence-corrected chi connectivity index (χ1v) is 5.77. The Morgan fingerprint density at radius 1 is 1.26 bits per heavy atom. The van der Waals surface area contributed by atoms with Gasteiger partial charge in [-0.25, -0.2) is 4.98 Å². The molecule has 0 saturated carbocycles. The summed E-state index contributed by atoms with van der Waals surface area (Å²) in [5.74, 6) is 1.34. The van der Waals surface area contributed by atoms with Gasteiger partial charge in [0.2, 0.25) is 0 Å². The second-order valence-corrected chi connectivity index (χ2v) is 3.96. The van der Waals surface area contributed by atoms with Gasteiger partial charge in [-0.2, -0.15) is 0 Å². The second-order valence-electron chi connectivity index (χ2n) is 3.96. The summed E-state index contributed by atoms with van der Waals surface area (Å²) in [5, 5.41) is 0. The first-order valence-electron chi connectivity index (χ1n) is 5.77. The van der Waals surface area contributed by atoms with Crippen molar-refractivity contribution in [3.05, 3.63) is 47.5 Å². The molecular formula is C14H14N2O3. The van der Waals surface area contributed by atoms with Crippen molar-refractivity contribution in [2.45, 2.75) is 13.5 Å². The SMILES string of the molecule is COc1cc(C)nc(COc2ccc(C=O)nc2)c1. The highest BCUT2D eigenvalue weighted by Crippen LogP contribution is 2.15. The number of nitrogens with zero attached hydrogens (tertiary/aromatic N) is 2. The van der Waals surface area contributed by atoms with Crippen LogP contribution in [0.4, 0.5) is 0 Å². The molecule has 0 unspecified atom stereocenters. The maximum absolute atomic E-state index is 10.5. The summed E-state index contributed by atoms with van der Waals surface area (Å²) >= 11 is 0. The van der Waals surface area contributed by atoms with Crippen LogP contribution in [0.1, 0.15) is 21.9 Å². The molecule has 5 nitrogen and oxygen atoms in total. The topological polar surface area (TPSA) is 61.3 Å². The molecule has 5 heteroatoms. The van der Waals surface area contributed by atoms with Gasteiger partial charge in [0, 0.05) is 17.8 Å². The van der Waals surface area contributed by atoms with Crippen molar-refractivity contribution in [2.75, 3.05) is 7.11 Å². The van der Waals surface area contributed by atoms with Crippen molar-refractivity contribution in [1.82, 2.24) is 9.97 Å². The number of aryl methyl sites for hydroxylation is 1. The number of methoxy groups -OCH3 is 1. The van der Waals surface area contributed by atoms with Crippen molar-refractivity contribution < 1.29 is 14.3 Å². The lowest BCUT2D eigenvalue weighted by Crippen LogP contribution is -2.01. The molecule has 0 saturated heterocycles. The molecule has 0 aliphatic rings. The lowest BCUT2D eigenvalue weighted by Gasteiger charge is -2.08. The average molecular weight is 258 g/mol. The summed E-state index contributed by atoms with van der Waals surface area (Å²) in [6.45, 7) is 2.21. The third-order valence-corrected chi connectivity index (χ3v) is 2.48. The van der Waals surface area contributed by atoms with E-state index in [2.05, 4.69) is 9.97 Å². The Morgan fingerprint density at radius 3 is 2.74 bits per heavy atom. The number of ether oxygens (including phenoxy) is 2. The highest BCUT2D eigenvalue weighted by molar-refractivity contribution is 5.71. The van der Waals surface area contributed by atoms with E-state index in [0.717, 1.165) is 17.1 Å². The van der Waals surface area contributed by atoms with Crippen molar-refractivity contribution in [3.63, 3.8) is 0 Å². The van der Waals surface area contributed by atoms with Gasteiger partial charge in [-0.15, -0.1) is 0 Å². The summed E-state index contributed by atoms with van der Waals surface area (Å²) in [6, 6.07) is 6.97. The van der Waals surface area contributed by atoms with Crippen molar-refractivity contribution in [1.29, 1.82) is 0 Å². The van der Waals surface area contributed by atoms with Crippen LogP contribution in [0, 0.1) is 6.92 Å². The molecule has 2 aromatic rings. The fraction of sp³-hybridized carbons (Fsp3) is 0.214. The van der Waals surface area contributed by atoms with Crippen LogP contribution in [0.25, 0.3) is 0 Å². The third-order valence-electron chi connectivity index (χ3n) is 2.48. The molecule has 19 heavy (non-hydrogen) atoms. The predicted molar refractivity (Wildman–Crippen MR) is 69.5 cm³/mol. The van der Waals surface area contributed by atoms with Gasteiger partial charge in [0.1, 0.15) is 23.8 Å². The quantitative estimate of drug-likeness (QED) is 0.769. The average Bonchev–Trinajstić information content (AvgIpc) is 2.45. The fourth-order valence-electron chi connectivity index (χ4n) is 1.60. The molecule has 0 radical (unpaired) electrons. The Balaban J connectivity index is 2.05. The van der Waals surface area contributed by atoms with E-state index in [1.807, 2.05) is 19.1 Å². The van der Waals surface area contributed by atoms with E-state index < -0.39 is 0 Å². The lowest BCUT2D eigenvalue weighted by atomic mass is 10.3. The molecule has 98 valence electrons. The van der Waals surface area contributed by atoms with Crippen LogP contribution in [-0.4, -0.2) is 23.4 Å². The lowest BCUT2D eigenvalue weighted by molar-refractivity contribution is 0.111. The van der Waals surface area contributed by atoms with Gasteiger partial charge in [0.05, 0.1) is 19.0 Å². The molecule has 2 heterocycles. The van der Waals surface area contributed by atoms with Crippen LogP contribution in [0.15, 0.2) is 30.5 Å². The van der Waals surface area contributed by atoms with E-state index in [9.17, 15) is 4.79 Å². The fourth-order valence-corrected chi connectivity index (χ4v) is 1.60. The number of hydrogen-bond donors (Lipinski definition) is 0. The van der Waals surface area contributed by atoms with E-state index in [4.69, 9.17) is 9.47 Å². The molecule has 0 atom stereocenters. The number of hydrogen-bond acceptors (Lipinski definition) is 5. The number of carbonyl (C=O) groups is 1. The Kier molecular flexibility index (Phi) is 4.07. The molecule has 0 amide bonds. The van der Waals surface area contributed by atoms with Crippen LogP contribution in [-0.2, 0) is 6.61 Å². The molecule has 0 aliphatic carbocycles. The number of rotatable bonds is 5. The van der Waals surface area contributed by atoms with E-state index in [1.165, 1.54) is 6.20 Å². The van der Waals surface area contributed by atoms with Gasteiger partial charge < -0.3 is 9.47 Å². The summed E-state index contributed by atoms with van der Waals surface area (Å²) in [7, 11) is 1.61. The van der Waals surface area contributed by atoms with Crippen LogP contribution >= 0.6 is 0 Å². The molecule has 2 rings (SSSR count). The zero-order valence-electron chi connectivity index (χ0n) is 10.8. The van der Waals surface area contributed by atoms with Crippen LogP contribution < -0.4 is 9.47 Å². The van der Waals surface area contributed by atoms with Gasteiger partial charge in [-0.3, -0.25) is 9.78 Å². The number of aromatic nitrogens is 2. The largest absolute Gasteiger partial charge is 0.497 e. The van der Waals surface area contributed by atoms with Gasteiger partial charge in [-0.1, -0.05) is 0 Å². The molecule has 0 spiro atoms. The zero-order chi connectivity index (χ0) is 13.7. The Hall–Kier alpha value is -2.43.